The van der Waals surface area contributed by atoms with E-state index in [2.05, 4.69) is 5.32 Å². The summed E-state index contributed by atoms with van der Waals surface area (Å²) in [5, 5.41) is 3.65. The van der Waals surface area contributed by atoms with Gasteiger partial charge < -0.3 is 19.9 Å². The highest BCUT2D eigenvalue weighted by atomic mass is 35.5. The van der Waals surface area contributed by atoms with Crippen molar-refractivity contribution in [3.63, 3.8) is 0 Å². The van der Waals surface area contributed by atoms with Crippen molar-refractivity contribution in [1.82, 2.24) is 15.1 Å². The van der Waals surface area contributed by atoms with E-state index in [9.17, 15) is 9.59 Å². The normalized spacial score (nSPS) is 21.9. The van der Waals surface area contributed by atoms with Crippen molar-refractivity contribution in [2.45, 2.75) is 25.3 Å². The molecule has 2 unspecified atom stereocenters. The lowest BCUT2D eigenvalue weighted by molar-refractivity contribution is -0.134. The van der Waals surface area contributed by atoms with Crippen molar-refractivity contribution in [3.05, 3.63) is 28.8 Å². The quantitative estimate of drug-likeness (QED) is 0.801. The summed E-state index contributed by atoms with van der Waals surface area (Å²) in [6.07, 6.45) is 2.55. The van der Waals surface area contributed by atoms with E-state index in [1.165, 1.54) is 7.11 Å². The number of hydrogen-bond acceptors (Lipinski definition) is 4. The summed E-state index contributed by atoms with van der Waals surface area (Å²) < 4.78 is 5.31. The number of carbonyl (C=O) groups excluding carboxylic acids is 2. The lowest BCUT2D eigenvalue weighted by Gasteiger charge is -2.28. The van der Waals surface area contributed by atoms with E-state index in [0.29, 0.717) is 35.2 Å². The molecule has 2 saturated heterocycles. The lowest BCUT2D eigenvalue weighted by atomic mass is 10.1. The summed E-state index contributed by atoms with van der Waals surface area (Å²) in [5.41, 5.74) is 0.411. The average Bonchev–Trinajstić information content (AvgIpc) is 3.30. The van der Waals surface area contributed by atoms with Gasteiger partial charge in [-0.2, -0.15) is 0 Å². The highest BCUT2D eigenvalue weighted by Gasteiger charge is 2.39. The van der Waals surface area contributed by atoms with Gasteiger partial charge in [-0.1, -0.05) is 11.6 Å². The molecule has 27 heavy (non-hydrogen) atoms. The highest BCUT2D eigenvalue weighted by Crippen LogP contribution is 2.29. The molecular weight excluding hydrogens is 389 g/mol. The second-order valence-electron chi connectivity index (χ2n) is 7.00. The van der Waals surface area contributed by atoms with Gasteiger partial charge in [0.05, 0.1) is 12.7 Å². The molecule has 2 aliphatic rings. The van der Waals surface area contributed by atoms with Crippen LogP contribution < -0.4 is 10.1 Å². The molecule has 2 aliphatic heterocycles. The molecule has 8 heteroatoms. The minimum atomic E-state index is -0.389. The zero-order chi connectivity index (χ0) is 18.7. The Balaban J connectivity index is 0.00000261. The molecule has 2 atom stereocenters. The van der Waals surface area contributed by atoms with E-state index in [-0.39, 0.29) is 30.3 Å². The third-order valence-corrected chi connectivity index (χ3v) is 5.52. The van der Waals surface area contributed by atoms with Crippen LogP contribution >= 0.6 is 24.0 Å². The summed E-state index contributed by atoms with van der Waals surface area (Å²) >= 11 is 6.07. The SMILES string of the molecule is CNCC1CCN(C(=O)C2CCCN2C(=O)c2cc(Cl)ccc2OC)C1.Cl. The minimum absolute atomic E-state index is 0. The maximum atomic E-state index is 13.1. The fourth-order valence-corrected chi connectivity index (χ4v) is 4.14. The second kappa shape index (κ2) is 9.62. The van der Waals surface area contributed by atoms with Crippen LogP contribution in [0.1, 0.15) is 29.6 Å². The van der Waals surface area contributed by atoms with Gasteiger partial charge in [0.2, 0.25) is 5.91 Å². The number of hydrogen-bond donors (Lipinski definition) is 1. The standard InChI is InChI=1S/C19H26ClN3O3.ClH/c1-21-11-13-7-9-22(12-13)19(25)16-4-3-8-23(16)18(24)15-10-14(20)5-6-17(15)26-2;/h5-6,10,13,16,21H,3-4,7-9,11-12H2,1-2H3;1H. The van der Waals surface area contributed by atoms with E-state index in [0.717, 1.165) is 32.5 Å². The van der Waals surface area contributed by atoms with Gasteiger partial charge >= 0.3 is 0 Å². The summed E-state index contributed by atoms with van der Waals surface area (Å²) in [5.74, 6) is 0.844. The Labute approximate surface area is 171 Å². The Bertz CT molecular complexity index is 686. The molecule has 3 rings (SSSR count). The minimum Gasteiger partial charge on any atom is -0.496 e. The highest BCUT2D eigenvalue weighted by molar-refractivity contribution is 6.31. The number of carbonyl (C=O) groups is 2. The van der Waals surface area contributed by atoms with Gasteiger partial charge in [-0.15, -0.1) is 12.4 Å². The van der Waals surface area contributed by atoms with E-state index in [1.807, 2.05) is 11.9 Å². The Morgan fingerprint density at radius 1 is 1.30 bits per heavy atom. The first-order chi connectivity index (χ1) is 12.5. The zero-order valence-corrected chi connectivity index (χ0v) is 17.3. The van der Waals surface area contributed by atoms with Gasteiger partial charge in [-0.3, -0.25) is 9.59 Å². The summed E-state index contributed by atoms with van der Waals surface area (Å²) in [6.45, 7) is 3.03. The van der Waals surface area contributed by atoms with E-state index in [1.54, 1.807) is 23.1 Å². The fourth-order valence-electron chi connectivity index (χ4n) is 3.97. The molecular formula is C19H27Cl2N3O3. The zero-order valence-electron chi connectivity index (χ0n) is 15.7. The molecule has 1 N–H and O–H groups in total. The van der Waals surface area contributed by atoms with E-state index < -0.39 is 0 Å². The molecule has 6 nitrogen and oxygen atoms in total. The van der Waals surface area contributed by atoms with Crippen LogP contribution in [0.5, 0.6) is 5.75 Å². The number of nitrogens with one attached hydrogen (secondary N) is 1. The first kappa shape index (κ1) is 21.8. The van der Waals surface area contributed by atoms with Crippen LogP contribution in [0.3, 0.4) is 0 Å². The van der Waals surface area contributed by atoms with Gasteiger partial charge in [0.1, 0.15) is 11.8 Å². The lowest BCUT2D eigenvalue weighted by Crippen LogP contribution is -2.47. The fraction of sp³-hybridized carbons (Fsp3) is 0.579. The van der Waals surface area contributed by atoms with Crippen molar-refractivity contribution < 1.29 is 14.3 Å². The molecule has 0 radical (unpaired) electrons. The number of halogens is 2. The maximum absolute atomic E-state index is 13.1. The smallest absolute Gasteiger partial charge is 0.258 e. The van der Waals surface area contributed by atoms with Gasteiger partial charge in [0, 0.05) is 24.7 Å². The Morgan fingerprint density at radius 2 is 2.07 bits per heavy atom. The van der Waals surface area contributed by atoms with Crippen molar-refractivity contribution >= 4 is 35.8 Å². The average molecular weight is 416 g/mol. The van der Waals surface area contributed by atoms with Crippen LogP contribution in [0, 0.1) is 5.92 Å². The molecule has 1 aromatic carbocycles. The van der Waals surface area contributed by atoms with Crippen LogP contribution in [0.2, 0.25) is 5.02 Å². The molecule has 2 fully saturated rings. The first-order valence-electron chi connectivity index (χ1n) is 9.13. The Hall–Kier alpha value is -1.50. The Morgan fingerprint density at radius 3 is 2.78 bits per heavy atom. The van der Waals surface area contributed by atoms with Crippen LogP contribution in [0.15, 0.2) is 18.2 Å². The van der Waals surface area contributed by atoms with Crippen LogP contribution in [-0.4, -0.2) is 68.0 Å². The predicted octanol–water partition coefficient (Wildman–Crippen LogP) is 2.44. The number of nitrogens with zero attached hydrogens (tertiary/aromatic N) is 2. The predicted molar refractivity (Wildman–Crippen MR) is 108 cm³/mol. The monoisotopic (exact) mass is 415 g/mol. The third kappa shape index (κ3) is 4.68. The molecule has 2 heterocycles. The third-order valence-electron chi connectivity index (χ3n) is 5.28. The number of benzene rings is 1. The molecule has 0 bridgehead atoms. The maximum Gasteiger partial charge on any atom is 0.258 e. The Kier molecular flexibility index (Phi) is 7.77. The van der Waals surface area contributed by atoms with E-state index in [4.69, 9.17) is 16.3 Å². The molecule has 2 amide bonds. The number of methoxy groups -OCH3 is 1. The summed E-state index contributed by atoms with van der Waals surface area (Å²) in [4.78, 5) is 29.7. The van der Waals surface area contributed by atoms with Crippen LogP contribution in [0.25, 0.3) is 0 Å². The number of ether oxygens (including phenoxy) is 1. The van der Waals surface area contributed by atoms with Crippen LogP contribution in [0.4, 0.5) is 0 Å². The molecule has 0 spiro atoms. The van der Waals surface area contributed by atoms with Crippen molar-refractivity contribution in [2.75, 3.05) is 40.3 Å². The summed E-state index contributed by atoms with van der Waals surface area (Å²) in [7, 11) is 3.46. The molecule has 0 aromatic heterocycles. The van der Waals surface area contributed by atoms with Crippen molar-refractivity contribution in [3.8, 4) is 5.75 Å². The molecule has 0 aliphatic carbocycles. The molecule has 150 valence electrons. The second-order valence-corrected chi connectivity index (χ2v) is 7.43. The van der Waals surface area contributed by atoms with Crippen LogP contribution in [-0.2, 0) is 4.79 Å². The van der Waals surface area contributed by atoms with Crippen molar-refractivity contribution in [1.29, 1.82) is 0 Å². The van der Waals surface area contributed by atoms with Crippen molar-refractivity contribution in [2.24, 2.45) is 5.92 Å². The van der Waals surface area contributed by atoms with E-state index >= 15 is 0 Å². The topological polar surface area (TPSA) is 61.9 Å². The van der Waals surface area contributed by atoms with Gasteiger partial charge in [-0.25, -0.2) is 0 Å². The molecule has 1 aromatic rings. The first-order valence-corrected chi connectivity index (χ1v) is 9.50. The summed E-state index contributed by atoms with van der Waals surface area (Å²) in [6, 6.07) is 4.60. The number of rotatable bonds is 5. The number of amides is 2. The molecule has 0 saturated carbocycles. The van der Waals surface area contributed by atoms with Gasteiger partial charge in [0.25, 0.3) is 5.91 Å². The van der Waals surface area contributed by atoms with Gasteiger partial charge in [-0.05, 0) is 57.0 Å². The van der Waals surface area contributed by atoms with Gasteiger partial charge in [0.15, 0.2) is 0 Å². The number of likely N-dealkylation sites (tertiary alicyclic amines) is 2. The largest absolute Gasteiger partial charge is 0.496 e.